The van der Waals surface area contributed by atoms with Crippen molar-refractivity contribution in [3.63, 3.8) is 0 Å². The second-order valence-corrected chi connectivity index (χ2v) is 11.7. The highest BCUT2D eigenvalue weighted by Gasteiger charge is 2.42. The summed E-state index contributed by atoms with van der Waals surface area (Å²) >= 11 is 0. The number of likely N-dealkylation sites (N-methyl/N-ethyl adjacent to an activating group) is 2. The van der Waals surface area contributed by atoms with Gasteiger partial charge in [0, 0.05) is 12.6 Å². The lowest BCUT2D eigenvalue weighted by atomic mass is 9.62. The van der Waals surface area contributed by atoms with Crippen molar-refractivity contribution in [2.75, 3.05) is 73.3 Å². The molecule has 0 aromatic rings. The lowest BCUT2D eigenvalue weighted by molar-refractivity contribution is -0.924. The van der Waals surface area contributed by atoms with E-state index in [2.05, 4.69) is 31.4 Å². The van der Waals surface area contributed by atoms with Crippen LogP contribution in [0.5, 0.6) is 0 Å². The predicted octanol–water partition coefficient (Wildman–Crippen LogP) is 1.29. The van der Waals surface area contributed by atoms with Crippen molar-refractivity contribution >= 4 is 12.0 Å². The van der Waals surface area contributed by atoms with Gasteiger partial charge in [-0.15, -0.1) is 0 Å². The van der Waals surface area contributed by atoms with Gasteiger partial charge in [-0.3, -0.25) is 9.28 Å². The molecule has 1 aliphatic carbocycles. The molecule has 1 aliphatic rings. The summed E-state index contributed by atoms with van der Waals surface area (Å²) in [6.45, 7) is 14.4. The number of alkyl carbamates (subject to hydrolysis) is 1. The zero-order valence-electron chi connectivity index (χ0n) is 22.1. The summed E-state index contributed by atoms with van der Waals surface area (Å²) in [6.07, 6.45) is 2.13. The van der Waals surface area contributed by atoms with Crippen LogP contribution in [0.4, 0.5) is 4.79 Å². The lowest BCUT2D eigenvalue weighted by Gasteiger charge is -2.47. The van der Waals surface area contributed by atoms with Crippen LogP contribution in [0.2, 0.25) is 0 Å². The Morgan fingerprint density at radius 1 is 1.00 bits per heavy atom. The van der Waals surface area contributed by atoms with Crippen LogP contribution in [0.3, 0.4) is 0 Å². The maximum absolute atomic E-state index is 12.6. The first-order valence-corrected chi connectivity index (χ1v) is 12.3. The number of nitrogens with one attached hydrogen (secondary N) is 2. The van der Waals surface area contributed by atoms with E-state index >= 15 is 0 Å². The number of carbonyl (C=O) groups excluding carboxylic acids is 2. The quantitative estimate of drug-likeness (QED) is 0.238. The third kappa shape index (κ3) is 10.2. The number of rotatable bonds is 13. The molecule has 0 saturated heterocycles. The van der Waals surface area contributed by atoms with E-state index in [1.165, 1.54) is 0 Å². The highest BCUT2D eigenvalue weighted by molar-refractivity contribution is 5.77. The molecule has 9 nitrogen and oxygen atoms in total. The molecule has 4 unspecified atom stereocenters. The molecule has 1 rings (SSSR count). The second-order valence-electron chi connectivity index (χ2n) is 11.7. The fourth-order valence-electron chi connectivity index (χ4n) is 5.15. The number of hydrogen-bond donors (Lipinski definition) is 4. The number of amides is 2. The molecular formula is C24H50N4O5+2. The van der Waals surface area contributed by atoms with E-state index < -0.39 is 6.09 Å². The fraction of sp³-hybridized carbons (Fsp3) is 0.917. The van der Waals surface area contributed by atoms with Crippen molar-refractivity contribution in [3.05, 3.63) is 0 Å². The number of ether oxygens (including phenoxy) is 1. The van der Waals surface area contributed by atoms with Gasteiger partial charge in [-0.1, -0.05) is 20.8 Å². The molecule has 33 heavy (non-hydrogen) atoms. The topological polar surface area (TPSA) is 108 Å². The summed E-state index contributed by atoms with van der Waals surface area (Å²) in [6, 6.07) is -0.0348. The van der Waals surface area contributed by atoms with Gasteiger partial charge >= 0.3 is 6.09 Å². The first-order valence-electron chi connectivity index (χ1n) is 12.3. The Bertz CT molecular complexity index is 646. The molecule has 4 atom stereocenters. The average molecular weight is 475 g/mol. The molecule has 0 bridgehead atoms. The zero-order valence-corrected chi connectivity index (χ0v) is 22.1. The van der Waals surface area contributed by atoms with E-state index in [9.17, 15) is 19.8 Å². The number of quaternary nitrogens is 2. The maximum Gasteiger partial charge on any atom is 0.411 e. The predicted molar refractivity (Wildman–Crippen MR) is 129 cm³/mol. The minimum absolute atomic E-state index is 0.0122. The van der Waals surface area contributed by atoms with Crippen molar-refractivity contribution in [2.24, 2.45) is 10.8 Å². The molecule has 9 heteroatoms. The van der Waals surface area contributed by atoms with Crippen LogP contribution >= 0.6 is 0 Å². The Balaban J connectivity index is 2.69. The molecular weight excluding hydrogens is 424 g/mol. The van der Waals surface area contributed by atoms with Crippen molar-refractivity contribution in [3.8, 4) is 0 Å². The van der Waals surface area contributed by atoms with Crippen LogP contribution in [-0.2, 0) is 9.53 Å². The molecule has 0 spiro atoms. The SMILES string of the molecule is CC[N+](C)(CCO)COC(=O)NC1CC(C)(C)CC(C)(CNC(=O)C[N+](C)(CC)CCO)C1. The van der Waals surface area contributed by atoms with Crippen molar-refractivity contribution in [1.29, 1.82) is 0 Å². The van der Waals surface area contributed by atoms with Crippen molar-refractivity contribution in [2.45, 2.75) is 59.9 Å². The third-order valence-corrected chi connectivity index (χ3v) is 7.32. The minimum Gasteiger partial charge on any atom is -0.399 e. The van der Waals surface area contributed by atoms with E-state index in [-0.39, 0.29) is 42.7 Å². The van der Waals surface area contributed by atoms with E-state index in [1.54, 1.807) is 0 Å². The number of aliphatic hydroxyl groups is 2. The van der Waals surface area contributed by atoms with Crippen molar-refractivity contribution < 1.29 is 33.5 Å². The van der Waals surface area contributed by atoms with Crippen molar-refractivity contribution in [1.82, 2.24) is 10.6 Å². The first-order chi connectivity index (χ1) is 15.2. The largest absolute Gasteiger partial charge is 0.411 e. The number of aliphatic hydroxyl groups excluding tert-OH is 2. The lowest BCUT2D eigenvalue weighted by Crippen LogP contribution is -2.54. The molecule has 0 aliphatic heterocycles. The average Bonchev–Trinajstić information content (AvgIpc) is 2.70. The summed E-state index contributed by atoms with van der Waals surface area (Å²) in [4.78, 5) is 25.2. The first kappa shape index (κ1) is 29.6. The van der Waals surface area contributed by atoms with E-state index in [4.69, 9.17) is 4.74 Å². The van der Waals surface area contributed by atoms with Gasteiger partial charge in [0.15, 0.2) is 6.54 Å². The molecule has 194 valence electrons. The smallest absolute Gasteiger partial charge is 0.399 e. The normalized spacial score (nSPS) is 26.0. The van der Waals surface area contributed by atoms with Crippen LogP contribution < -0.4 is 10.6 Å². The van der Waals surface area contributed by atoms with Gasteiger partial charge in [-0.05, 0) is 43.9 Å². The zero-order chi connectivity index (χ0) is 25.3. The minimum atomic E-state index is -0.431. The Kier molecular flexibility index (Phi) is 11.1. The van der Waals surface area contributed by atoms with Crippen LogP contribution in [0.25, 0.3) is 0 Å². The Labute approximate surface area is 200 Å². The number of nitrogens with zero attached hydrogens (tertiary/aromatic N) is 2. The maximum atomic E-state index is 12.6. The van der Waals surface area contributed by atoms with Gasteiger partial charge < -0.3 is 30.1 Å². The summed E-state index contributed by atoms with van der Waals surface area (Å²) in [5.41, 5.74) is -0.127. The van der Waals surface area contributed by atoms with E-state index in [0.29, 0.717) is 35.1 Å². The highest BCUT2D eigenvalue weighted by Crippen LogP contribution is 2.45. The van der Waals surface area contributed by atoms with E-state index in [0.717, 1.165) is 32.4 Å². The van der Waals surface area contributed by atoms with Gasteiger partial charge in [0.05, 0.1) is 40.4 Å². The molecule has 2 amide bonds. The summed E-state index contributed by atoms with van der Waals surface area (Å²) < 4.78 is 6.47. The number of hydrogen-bond acceptors (Lipinski definition) is 5. The Morgan fingerprint density at radius 3 is 2.12 bits per heavy atom. The van der Waals surface area contributed by atoms with E-state index in [1.807, 2.05) is 27.9 Å². The standard InChI is InChI=1S/C24H48N4O5/c1-8-27(6,10-12-29)16-21(31)25-18-24(5)15-20(14-23(3,4)17-24)26-22(32)33-19-28(7,9-2)11-13-30/h20,29-30H,8-19H2,1-7H3/p+2. The molecule has 0 aromatic heterocycles. The molecule has 0 radical (unpaired) electrons. The van der Waals surface area contributed by atoms with Crippen LogP contribution in [0.1, 0.15) is 53.9 Å². The summed E-state index contributed by atoms with van der Waals surface area (Å²) in [5, 5.41) is 24.7. The van der Waals surface area contributed by atoms with Crippen LogP contribution in [0.15, 0.2) is 0 Å². The fourth-order valence-corrected chi connectivity index (χ4v) is 5.15. The van der Waals surface area contributed by atoms with Crippen LogP contribution in [-0.4, -0.2) is 111 Å². The summed E-state index contributed by atoms with van der Waals surface area (Å²) in [7, 11) is 3.94. The van der Waals surface area contributed by atoms with Gasteiger partial charge in [0.2, 0.25) is 6.73 Å². The van der Waals surface area contributed by atoms with Crippen LogP contribution in [0, 0.1) is 10.8 Å². The molecule has 1 fully saturated rings. The third-order valence-electron chi connectivity index (χ3n) is 7.32. The summed E-state index contributed by atoms with van der Waals surface area (Å²) in [5.74, 6) is -0.0122. The van der Waals surface area contributed by atoms with Gasteiger partial charge in [0.25, 0.3) is 5.91 Å². The number of carbonyl (C=O) groups is 2. The molecule has 4 N–H and O–H groups in total. The Morgan fingerprint density at radius 2 is 1.58 bits per heavy atom. The monoisotopic (exact) mass is 474 g/mol. The van der Waals surface area contributed by atoms with Gasteiger partial charge in [0.1, 0.15) is 13.1 Å². The van der Waals surface area contributed by atoms with Gasteiger partial charge in [-0.25, -0.2) is 4.79 Å². The molecule has 0 aromatic carbocycles. The molecule has 1 saturated carbocycles. The molecule has 0 heterocycles. The Hall–Kier alpha value is -1.42. The van der Waals surface area contributed by atoms with Gasteiger partial charge in [-0.2, -0.15) is 0 Å². The second kappa shape index (κ2) is 12.3. The highest BCUT2D eigenvalue weighted by atomic mass is 16.6.